The van der Waals surface area contributed by atoms with Gasteiger partial charge in [-0.05, 0) is 48.4 Å². The van der Waals surface area contributed by atoms with Gasteiger partial charge in [-0.1, -0.05) is 6.07 Å². The normalized spacial score (nSPS) is 10.3. The third-order valence-corrected chi connectivity index (χ3v) is 3.05. The fraction of sp³-hybridized carbons (Fsp3) is 0.125. The molecule has 5 nitrogen and oxygen atoms in total. The van der Waals surface area contributed by atoms with Gasteiger partial charge in [-0.3, -0.25) is 4.79 Å². The van der Waals surface area contributed by atoms with Crippen LogP contribution in [0.2, 0.25) is 0 Å². The average molecular weight is 303 g/mol. The number of phenolic OH excluding ortho intramolecular Hbond substituents is 1. The minimum atomic E-state index is -1.20. The van der Waals surface area contributed by atoms with Gasteiger partial charge < -0.3 is 15.5 Å². The van der Waals surface area contributed by atoms with Crippen LogP contribution in [0.4, 0.5) is 4.39 Å². The molecule has 3 N–H and O–H groups in total. The van der Waals surface area contributed by atoms with Crippen molar-refractivity contribution in [1.82, 2.24) is 5.32 Å². The van der Waals surface area contributed by atoms with Crippen LogP contribution in [-0.4, -0.2) is 28.6 Å². The zero-order valence-electron chi connectivity index (χ0n) is 11.8. The highest BCUT2D eigenvalue weighted by molar-refractivity contribution is 5.95. The summed E-state index contributed by atoms with van der Waals surface area (Å²) in [7, 11) is 0. The Bertz CT molecular complexity index is 743. The summed E-state index contributed by atoms with van der Waals surface area (Å²) in [6.45, 7) is 2.11. The first-order valence-electron chi connectivity index (χ1n) is 6.58. The van der Waals surface area contributed by atoms with Gasteiger partial charge in [-0.2, -0.15) is 0 Å². The van der Waals surface area contributed by atoms with Crippen molar-refractivity contribution in [3.05, 3.63) is 53.3 Å². The van der Waals surface area contributed by atoms with Crippen molar-refractivity contribution in [2.75, 3.05) is 6.54 Å². The van der Waals surface area contributed by atoms with E-state index in [9.17, 15) is 19.1 Å². The summed E-state index contributed by atoms with van der Waals surface area (Å²) < 4.78 is 14.0. The van der Waals surface area contributed by atoms with E-state index in [1.165, 1.54) is 24.3 Å². The molecule has 0 fully saturated rings. The van der Waals surface area contributed by atoms with Gasteiger partial charge in [-0.25, -0.2) is 9.18 Å². The number of carboxylic acids is 1. The largest absolute Gasteiger partial charge is 0.508 e. The second kappa shape index (κ2) is 6.26. The Kier molecular flexibility index (Phi) is 4.41. The Hall–Kier alpha value is -2.89. The maximum Gasteiger partial charge on any atom is 0.335 e. The summed E-state index contributed by atoms with van der Waals surface area (Å²) in [5, 5.41) is 21.0. The zero-order chi connectivity index (χ0) is 16.3. The van der Waals surface area contributed by atoms with Crippen molar-refractivity contribution >= 4 is 11.9 Å². The number of aromatic carboxylic acids is 1. The van der Waals surface area contributed by atoms with Crippen LogP contribution < -0.4 is 5.32 Å². The number of amides is 1. The van der Waals surface area contributed by atoms with Crippen molar-refractivity contribution in [2.45, 2.75) is 6.92 Å². The van der Waals surface area contributed by atoms with Crippen molar-refractivity contribution in [2.24, 2.45) is 0 Å². The van der Waals surface area contributed by atoms with Crippen LogP contribution in [0.15, 0.2) is 36.4 Å². The predicted octanol–water partition coefficient (Wildman–Crippen LogP) is 2.65. The van der Waals surface area contributed by atoms with Gasteiger partial charge in [0.15, 0.2) is 0 Å². The van der Waals surface area contributed by atoms with Crippen molar-refractivity contribution in [3.63, 3.8) is 0 Å². The Morgan fingerprint density at radius 3 is 2.45 bits per heavy atom. The van der Waals surface area contributed by atoms with E-state index in [4.69, 9.17) is 5.11 Å². The van der Waals surface area contributed by atoms with Crippen LogP contribution in [0, 0.1) is 5.82 Å². The van der Waals surface area contributed by atoms with Crippen LogP contribution in [0.25, 0.3) is 11.1 Å². The number of carbonyl (C=O) groups excluding carboxylic acids is 1. The molecular weight excluding hydrogens is 289 g/mol. The number of rotatable bonds is 4. The van der Waals surface area contributed by atoms with E-state index in [1.807, 2.05) is 0 Å². The van der Waals surface area contributed by atoms with Crippen LogP contribution in [0.1, 0.15) is 27.6 Å². The first-order valence-corrected chi connectivity index (χ1v) is 6.58. The monoisotopic (exact) mass is 303 g/mol. The molecule has 0 spiro atoms. The number of carboxylic acid groups (broad SMARTS) is 1. The van der Waals surface area contributed by atoms with Crippen molar-refractivity contribution in [3.8, 4) is 16.9 Å². The van der Waals surface area contributed by atoms with Crippen LogP contribution >= 0.6 is 0 Å². The SMILES string of the molecule is CCNC(=O)c1ccc(-c2cc(O)cc(C(=O)O)c2)cc1F. The third-order valence-electron chi connectivity index (χ3n) is 3.05. The molecule has 0 radical (unpaired) electrons. The minimum Gasteiger partial charge on any atom is -0.508 e. The van der Waals surface area contributed by atoms with Crippen LogP contribution in [-0.2, 0) is 0 Å². The standard InChI is InChI=1S/C16H14FNO4/c1-2-18-15(20)13-4-3-9(8-14(13)17)10-5-11(16(21)22)7-12(19)6-10/h3-8,19H,2H2,1H3,(H,18,20)(H,21,22). The van der Waals surface area contributed by atoms with E-state index >= 15 is 0 Å². The summed E-state index contributed by atoms with van der Waals surface area (Å²) in [5.41, 5.74) is 0.509. The number of benzene rings is 2. The first kappa shape index (κ1) is 15.5. The fourth-order valence-electron chi connectivity index (χ4n) is 2.04. The molecule has 0 atom stereocenters. The lowest BCUT2D eigenvalue weighted by Crippen LogP contribution is -2.23. The zero-order valence-corrected chi connectivity index (χ0v) is 11.8. The number of hydrogen-bond donors (Lipinski definition) is 3. The van der Waals surface area contributed by atoms with Gasteiger partial charge >= 0.3 is 5.97 Å². The van der Waals surface area contributed by atoms with E-state index < -0.39 is 17.7 Å². The molecule has 0 saturated heterocycles. The molecule has 0 aliphatic rings. The molecule has 0 aliphatic heterocycles. The van der Waals surface area contributed by atoms with Crippen LogP contribution in [0.3, 0.4) is 0 Å². The summed E-state index contributed by atoms with van der Waals surface area (Å²) in [4.78, 5) is 22.6. The first-order chi connectivity index (χ1) is 10.4. The lowest BCUT2D eigenvalue weighted by atomic mass is 10.0. The molecule has 0 heterocycles. The van der Waals surface area contributed by atoms with Crippen LogP contribution in [0.5, 0.6) is 5.75 Å². The molecule has 2 rings (SSSR count). The fourth-order valence-corrected chi connectivity index (χ4v) is 2.04. The third kappa shape index (κ3) is 3.22. The smallest absolute Gasteiger partial charge is 0.335 e. The molecule has 114 valence electrons. The number of carbonyl (C=O) groups is 2. The maximum atomic E-state index is 14.0. The average Bonchev–Trinajstić information content (AvgIpc) is 2.46. The molecule has 1 amide bonds. The van der Waals surface area contributed by atoms with Gasteiger partial charge in [0, 0.05) is 6.54 Å². The highest BCUT2D eigenvalue weighted by atomic mass is 19.1. The molecule has 0 saturated carbocycles. The molecule has 0 aliphatic carbocycles. The Morgan fingerprint density at radius 2 is 1.86 bits per heavy atom. The predicted molar refractivity (Wildman–Crippen MR) is 78.5 cm³/mol. The Morgan fingerprint density at radius 1 is 1.14 bits per heavy atom. The van der Waals surface area contributed by atoms with E-state index in [0.717, 1.165) is 12.1 Å². The lowest BCUT2D eigenvalue weighted by Gasteiger charge is -2.08. The van der Waals surface area contributed by atoms with Gasteiger partial charge in [-0.15, -0.1) is 0 Å². The van der Waals surface area contributed by atoms with Crippen molar-refractivity contribution in [1.29, 1.82) is 0 Å². The molecule has 22 heavy (non-hydrogen) atoms. The van der Waals surface area contributed by atoms with Gasteiger partial charge in [0.25, 0.3) is 5.91 Å². The number of hydrogen-bond acceptors (Lipinski definition) is 3. The van der Waals surface area contributed by atoms with Crippen molar-refractivity contribution < 1.29 is 24.2 Å². The number of nitrogens with one attached hydrogen (secondary N) is 1. The van der Waals surface area contributed by atoms with E-state index in [1.54, 1.807) is 6.92 Å². The molecule has 0 unspecified atom stereocenters. The van der Waals surface area contributed by atoms with Gasteiger partial charge in [0.05, 0.1) is 11.1 Å². The molecular formula is C16H14FNO4. The molecule has 2 aromatic rings. The number of aromatic hydroxyl groups is 1. The molecule has 0 aromatic heterocycles. The quantitative estimate of drug-likeness (QED) is 0.810. The topological polar surface area (TPSA) is 86.6 Å². The lowest BCUT2D eigenvalue weighted by molar-refractivity contribution is 0.0696. The van der Waals surface area contributed by atoms with E-state index in [-0.39, 0.29) is 16.9 Å². The number of phenols is 1. The second-order valence-electron chi connectivity index (χ2n) is 4.63. The maximum absolute atomic E-state index is 14.0. The van der Waals surface area contributed by atoms with Gasteiger partial charge in [0.2, 0.25) is 0 Å². The molecule has 0 bridgehead atoms. The molecule has 6 heteroatoms. The summed E-state index contributed by atoms with van der Waals surface area (Å²) in [5.74, 6) is -2.67. The highest BCUT2D eigenvalue weighted by Gasteiger charge is 2.13. The number of halogens is 1. The summed E-state index contributed by atoms with van der Waals surface area (Å²) in [6, 6.07) is 7.69. The minimum absolute atomic E-state index is 0.0933. The highest BCUT2D eigenvalue weighted by Crippen LogP contribution is 2.27. The summed E-state index contributed by atoms with van der Waals surface area (Å²) in [6.07, 6.45) is 0. The van der Waals surface area contributed by atoms with E-state index in [0.29, 0.717) is 17.7 Å². The Balaban J connectivity index is 2.44. The molecule has 2 aromatic carbocycles. The summed E-state index contributed by atoms with van der Waals surface area (Å²) >= 11 is 0. The van der Waals surface area contributed by atoms with E-state index in [2.05, 4.69) is 5.32 Å². The Labute approximate surface area is 126 Å². The second-order valence-corrected chi connectivity index (χ2v) is 4.63. The van der Waals surface area contributed by atoms with Gasteiger partial charge in [0.1, 0.15) is 11.6 Å².